The normalized spacial score (nSPS) is 25.0. The molecule has 152 valence electrons. The van der Waals surface area contributed by atoms with Crippen molar-refractivity contribution in [2.24, 2.45) is 11.8 Å². The highest BCUT2D eigenvalue weighted by molar-refractivity contribution is 7.89. The Balaban J connectivity index is 1.41. The second kappa shape index (κ2) is 8.04. The van der Waals surface area contributed by atoms with Crippen molar-refractivity contribution in [2.45, 2.75) is 56.4 Å². The first kappa shape index (κ1) is 19.7. The van der Waals surface area contributed by atoms with Gasteiger partial charge in [-0.3, -0.25) is 4.79 Å². The van der Waals surface area contributed by atoms with Crippen LogP contribution >= 0.6 is 11.7 Å². The molecule has 1 saturated heterocycles. The fraction of sp³-hybridized carbons (Fsp3) is 0.632. The molecule has 2 heterocycles. The van der Waals surface area contributed by atoms with Gasteiger partial charge in [-0.05, 0) is 43.7 Å². The third-order valence-corrected chi connectivity index (χ3v) is 8.60. The highest BCUT2D eigenvalue weighted by Gasteiger charge is 2.34. The molecule has 2 aromatic rings. The molecule has 28 heavy (non-hydrogen) atoms. The summed E-state index contributed by atoms with van der Waals surface area (Å²) in [6.45, 7) is 2.91. The molecule has 2 aliphatic rings. The Kier molecular flexibility index (Phi) is 5.66. The number of aromatic nitrogens is 2. The second-order valence-corrected chi connectivity index (χ2v) is 10.4. The summed E-state index contributed by atoms with van der Waals surface area (Å²) in [5.41, 5.74) is 1.03. The number of carbonyl (C=O) groups excluding carboxylic acids is 1. The van der Waals surface area contributed by atoms with Gasteiger partial charge in [-0.1, -0.05) is 25.8 Å². The van der Waals surface area contributed by atoms with Crippen LogP contribution in [0.15, 0.2) is 23.1 Å². The molecule has 0 unspecified atom stereocenters. The van der Waals surface area contributed by atoms with Gasteiger partial charge in [-0.25, -0.2) is 8.42 Å². The number of nitrogens with zero attached hydrogens (tertiary/aromatic N) is 3. The van der Waals surface area contributed by atoms with E-state index in [1.54, 1.807) is 18.2 Å². The maximum Gasteiger partial charge on any atom is 0.245 e. The van der Waals surface area contributed by atoms with Gasteiger partial charge in [0.15, 0.2) is 0 Å². The molecule has 7 nitrogen and oxygen atoms in total. The Morgan fingerprint density at radius 3 is 2.64 bits per heavy atom. The summed E-state index contributed by atoms with van der Waals surface area (Å²) in [5, 5.41) is 3.22. The molecule has 2 atom stereocenters. The topological polar surface area (TPSA) is 92.3 Å². The van der Waals surface area contributed by atoms with Crippen LogP contribution in [0.3, 0.4) is 0 Å². The third-order valence-electron chi connectivity index (χ3n) is 6.13. The standard InChI is InChI=1S/C19H26N4O3S2/c1-13-5-2-3-6-15(13)20-19(24)14-9-11-23(12-10-14)28(25,26)17-8-4-7-16-18(17)22-27-21-16/h4,7-8,13-15H,2-3,5-6,9-12H2,1H3,(H,20,24)/t13-,15+/m1/s1. The summed E-state index contributed by atoms with van der Waals surface area (Å²) < 4.78 is 36.0. The highest BCUT2D eigenvalue weighted by atomic mass is 32.2. The number of amides is 1. The Labute approximate surface area is 169 Å². The lowest BCUT2D eigenvalue weighted by Gasteiger charge is -2.34. The molecular weight excluding hydrogens is 396 g/mol. The number of hydrogen-bond acceptors (Lipinski definition) is 6. The number of piperidine rings is 1. The van der Waals surface area contributed by atoms with Crippen LogP contribution in [0.5, 0.6) is 0 Å². The maximum atomic E-state index is 13.1. The van der Waals surface area contributed by atoms with Crippen LogP contribution in [-0.2, 0) is 14.8 Å². The van der Waals surface area contributed by atoms with Crippen molar-refractivity contribution in [3.8, 4) is 0 Å². The van der Waals surface area contributed by atoms with E-state index >= 15 is 0 Å². The van der Waals surface area contributed by atoms with E-state index in [1.807, 2.05) is 0 Å². The Morgan fingerprint density at radius 1 is 1.14 bits per heavy atom. The number of nitrogens with one attached hydrogen (secondary N) is 1. The minimum absolute atomic E-state index is 0.0848. The maximum absolute atomic E-state index is 13.1. The summed E-state index contributed by atoms with van der Waals surface area (Å²) >= 11 is 1.01. The van der Waals surface area contributed by atoms with E-state index in [1.165, 1.54) is 23.6 Å². The highest BCUT2D eigenvalue weighted by Crippen LogP contribution is 2.29. The smallest absolute Gasteiger partial charge is 0.245 e. The molecule has 0 spiro atoms. The summed E-state index contributed by atoms with van der Waals surface area (Å²) in [4.78, 5) is 12.9. The molecule has 1 saturated carbocycles. The van der Waals surface area contributed by atoms with Crippen LogP contribution in [0.4, 0.5) is 0 Å². The summed E-state index contributed by atoms with van der Waals surface area (Å²) in [7, 11) is -3.64. The molecule has 1 N–H and O–H groups in total. The number of rotatable bonds is 4. The van der Waals surface area contributed by atoms with Gasteiger partial charge in [0.2, 0.25) is 15.9 Å². The lowest BCUT2D eigenvalue weighted by Crippen LogP contribution is -2.47. The first-order chi connectivity index (χ1) is 13.5. The fourth-order valence-electron chi connectivity index (χ4n) is 4.32. The molecule has 0 bridgehead atoms. The molecule has 2 fully saturated rings. The van der Waals surface area contributed by atoms with Crippen LogP contribution < -0.4 is 5.32 Å². The van der Waals surface area contributed by atoms with E-state index in [0.29, 0.717) is 42.9 Å². The number of hydrogen-bond donors (Lipinski definition) is 1. The van der Waals surface area contributed by atoms with Gasteiger partial charge >= 0.3 is 0 Å². The number of carbonyl (C=O) groups is 1. The minimum atomic E-state index is -3.64. The molecule has 1 aromatic heterocycles. The van der Waals surface area contributed by atoms with Crippen molar-refractivity contribution in [3.05, 3.63) is 18.2 Å². The van der Waals surface area contributed by atoms with E-state index in [0.717, 1.165) is 18.1 Å². The quantitative estimate of drug-likeness (QED) is 0.818. The van der Waals surface area contributed by atoms with Crippen molar-refractivity contribution >= 4 is 38.7 Å². The van der Waals surface area contributed by atoms with Gasteiger partial charge in [0.05, 0.1) is 11.7 Å². The summed E-state index contributed by atoms with van der Waals surface area (Å²) in [6, 6.07) is 5.31. The van der Waals surface area contributed by atoms with Crippen LogP contribution in [0.2, 0.25) is 0 Å². The lowest BCUT2D eigenvalue weighted by atomic mass is 9.85. The molecule has 1 aliphatic carbocycles. The van der Waals surface area contributed by atoms with Crippen molar-refractivity contribution < 1.29 is 13.2 Å². The van der Waals surface area contributed by atoms with Crippen LogP contribution in [-0.4, -0.2) is 46.5 Å². The van der Waals surface area contributed by atoms with E-state index < -0.39 is 10.0 Å². The number of fused-ring (bicyclic) bond motifs is 1. The minimum Gasteiger partial charge on any atom is -0.353 e. The first-order valence-corrected chi connectivity index (χ1v) is 12.2. The molecule has 1 amide bonds. The zero-order chi connectivity index (χ0) is 19.7. The van der Waals surface area contributed by atoms with Crippen molar-refractivity contribution in [3.63, 3.8) is 0 Å². The monoisotopic (exact) mass is 422 g/mol. The van der Waals surface area contributed by atoms with Crippen LogP contribution in [0.25, 0.3) is 11.0 Å². The Morgan fingerprint density at radius 2 is 1.89 bits per heavy atom. The van der Waals surface area contributed by atoms with Crippen LogP contribution in [0.1, 0.15) is 45.4 Å². The predicted molar refractivity (Wildman–Crippen MR) is 108 cm³/mol. The van der Waals surface area contributed by atoms with Crippen molar-refractivity contribution in [1.29, 1.82) is 0 Å². The van der Waals surface area contributed by atoms with Crippen molar-refractivity contribution in [1.82, 2.24) is 18.4 Å². The zero-order valence-corrected chi connectivity index (χ0v) is 17.6. The number of sulfonamides is 1. The lowest BCUT2D eigenvalue weighted by molar-refractivity contribution is -0.127. The van der Waals surface area contributed by atoms with Crippen molar-refractivity contribution in [2.75, 3.05) is 13.1 Å². The zero-order valence-electron chi connectivity index (χ0n) is 16.0. The van der Waals surface area contributed by atoms with Gasteiger partial charge in [0, 0.05) is 25.0 Å². The second-order valence-electron chi connectivity index (χ2n) is 7.94. The van der Waals surface area contributed by atoms with E-state index in [4.69, 9.17) is 0 Å². The predicted octanol–water partition coefficient (Wildman–Crippen LogP) is 2.79. The average Bonchev–Trinajstić information content (AvgIpc) is 3.18. The molecule has 1 aromatic carbocycles. The van der Waals surface area contributed by atoms with Crippen LogP contribution in [0, 0.1) is 11.8 Å². The average molecular weight is 423 g/mol. The third kappa shape index (κ3) is 3.79. The van der Waals surface area contributed by atoms with Gasteiger partial charge < -0.3 is 5.32 Å². The first-order valence-electron chi connectivity index (χ1n) is 9.98. The van der Waals surface area contributed by atoms with E-state index in [2.05, 4.69) is 21.0 Å². The van der Waals surface area contributed by atoms with Gasteiger partial charge in [0.25, 0.3) is 0 Å². The molecule has 0 radical (unpaired) electrons. The van der Waals surface area contributed by atoms with Gasteiger partial charge in [-0.2, -0.15) is 13.1 Å². The SMILES string of the molecule is C[C@@H]1CCCC[C@@H]1NC(=O)C1CCN(S(=O)(=O)c2cccc3nsnc23)CC1. The van der Waals surface area contributed by atoms with Gasteiger partial charge in [0.1, 0.15) is 15.9 Å². The Bertz CT molecular complexity index is 951. The largest absolute Gasteiger partial charge is 0.353 e. The molecular formula is C19H26N4O3S2. The molecule has 9 heteroatoms. The molecule has 4 rings (SSSR count). The van der Waals surface area contributed by atoms with E-state index in [9.17, 15) is 13.2 Å². The summed E-state index contributed by atoms with van der Waals surface area (Å²) in [5.74, 6) is 0.490. The number of benzene rings is 1. The fourth-order valence-corrected chi connectivity index (χ4v) is 6.54. The van der Waals surface area contributed by atoms with E-state index in [-0.39, 0.29) is 22.8 Å². The Hall–Kier alpha value is -1.58. The van der Waals surface area contributed by atoms with Gasteiger partial charge in [-0.15, -0.1) is 0 Å². The molecule has 1 aliphatic heterocycles. The summed E-state index contributed by atoms with van der Waals surface area (Å²) in [6.07, 6.45) is 5.73.